The van der Waals surface area contributed by atoms with Gasteiger partial charge in [0.05, 0.1) is 0 Å². The maximum Gasteiger partial charge on any atom is 0.241 e. The zero-order valence-corrected chi connectivity index (χ0v) is 11.9. The van der Waals surface area contributed by atoms with Crippen LogP contribution in [0.25, 0.3) is 0 Å². The van der Waals surface area contributed by atoms with Crippen molar-refractivity contribution in [2.75, 3.05) is 12.3 Å². The van der Waals surface area contributed by atoms with Crippen LogP contribution in [0.4, 0.5) is 0 Å². The van der Waals surface area contributed by atoms with Gasteiger partial charge in [-0.05, 0) is 26.2 Å². The van der Waals surface area contributed by atoms with Crippen molar-refractivity contribution in [3.8, 4) is 0 Å². The van der Waals surface area contributed by atoms with E-state index in [4.69, 9.17) is 0 Å². The second-order valence-corrected chi connectivity index (χ2v) is 6.13. The van der Waals surface area contributed by atoms with Gasteiger partial charge >= 0.3 is 0 Å². The first-order valence-electron chi connectivity index (χ1n) is 6.20. The number of hydrogen-bond acceptors (Lipinski definition) is 3. The molecule has 5 heteroatoms. The van der Waals surface area contributed by atoms with Crippen LogP contribution in [0.2, 0.25) is 0 Å². The van der Waals surface area contributed by atoms with E-state index < -0.39 is 0 Å². The molecule has 0 aliphatic carbocycles. The number of carbonyl (C=O) groups excluding carboxylic acids is 1. The Kier molecular flexibility index (Phi) is 5.82. The minimum Gasteiger partial charge on any atom is -0.361 e. The first-order chi connectivity index (χ1) is 7.97. The first kappa shape index (κ1) is 14.4. The average Bonchev–Trinajstić information content (AvgIpc) is 2.60. The van der Waals surface area contributed by atoms with Crippen molar-refractivity contribution in [2.24, 2.45) is 10.9 Å². The molecule has 0 aromatic rings. The van der Waals surface area contributed by atoms with Crippen LogP contribution in [0, 0.1) is 5.92 Å². The normalized spacial score (nSPS) is 22.2. The summed E-state index contributed by atoms with van der Waals surface area (Å²) in [6.07, 6.45) is 1.16. The van der Waals surface area contributed by atoms with Gasteiger partial charge < -0.3 is 10.6 Å². The number of aliphatic imine (C=N–C) groups is 1. The molecule has 1 unspecified atom stereocenters. The van der Waals surface area contributed by atoms with Gasteiger partial charge in [0.2, 0.25) is 5.91 Å². The fourth-order valence-electron chi connectivity index (χ4n) is 1.74. The molecule has 1 heterocycles. The predicted octanol–water partition coefficient (Wildman–Crippen LogP) is 1.62. The number of carbonyl (C=O) groups is 1. The molecule has 0 bridgehead atoms. The van der Waals surface area contributed by atoms with E-state index >= 15 is 0 Å². The van der Waals surface area contributed by atoms with Crippen molar-refractivity contribution in [1.29, 1.82) is 0 Å². The summed E-state index contributed by atoms with van der Waals surface area (Å²) in [4.78, 5) is 15.7. The number of hydrogen-bond donors (Lipinski definition) is 2. The molecule has 0 spiro atoms. The minimum absolute atomic E-state index is 0.0118. The van der Waals surface area contributed by atoms with Gasteiger partial charge in [-0.3, -0.25) is 9.79 Å². The standard InChI is InChI=1S/C12H23N3OS/c1-8(2)5-10-7-17-12(15-10)13-6-11(16)14-9(3)4/h8-10H,5-7H2,1-4H3,(H,13,15)(H,14,16). The molecule has 17 heavy (non-hydrogen) atoms. The van der Waals surface area contributed by atoms with Gasteiger partial charge in [-0.15, -0.1) is 0 Å². The van der Waals surface area contributed by atoms with E-state index in [0.29, 0.717) is 12.0 Å². The van der Waals surface area contributed by atoms with Gasteiger partial charge in [0.25, 0.3) is 0 Å². The Balaban J connectivity index is 2.30. The topological polar surface area (TPSA) is 53.5 Å². The Bertz CT molecular complexity index is 289. The molecule has 1 amide bonds. The molecule has 0 aromatic heterocycles. The Morgan fingerprint density at radius 3 is 2.82 bits per heavy atom. The van der Waals surface area contributed by atoms with Crippen LogP contribution in [0.15, 0.2) is 4.99 Å². The number of amidine groups is 1. The SMILES string of the molecule is CC(C)CC1CSC(=NCC(=O)NC(C)C)N1. The summed E-state index contributed by atoms with van der Waals surface area (Å²) < 4.78 is 0. The summed E-state index contributed by atoms with van der Waals surface area (Å²) in [6.45, 7) is 8.57. The molecule has 0 saturated carbocycles. The lowest BCUT2D eigenvalue weighted by Gasteiger charge is -2.11. The van der Waals surface area contributed by atoms with E-state index in [2.05, 4.69) is 29.5 Å². The molecule has 0 radical (unpaired) electrons. The maximum atomic E-state index is 11.4. The largest absolute Gasteiger partial charge is 0.361 e. The van der Waals surface area contributed by atoms with E-state index in [1.807, 2.05) is 13.8 Å². The lowest BCUT2D eigenvalue weighted by atomic mass is 10.1. The summed E-state index contributed by atoms with van der Waals surface area (Å²) in [5, 5.41) is 7.10. The molecule has 2 N–H and O–H groups in total. The predicted molar refractivity (Wildman–Crippen MR) is 74.4 cm³/mol. The van der Waals surface area contributed by atoms with Gasteiger partial charge in [-0.1, -0.05) is 25.6 Å². The van der Waals surface area contributed by atoms with E-state index in [9.17, 15) is 4.79 Å². The maximum absolute atomic E-state index is 11.4. The second kappa shape index (κ2) is 6.89. The van der Waals surface area contributed by atoms with Crippen LogP contribution in [0.3, 0.4) is 0 Å². The Morgan fingerprint density at radius 1 is 1.53 bits per heavy atom. The summed E-state index contributed by atoms with van der Waals surface area (Å²) in [6, 6.07) is 0.687. The fourth-order valence-corrected chi connectivity index (χ4v) is 2.72. The van der Waals surface area contributed by atoms with Crippen LogP contribution in [-0.4, -0.2) is 35.5 Å². The van der Waals surface area contributed by atoms with E-state index in [0.717, 1.165) is 17.3 Å². The summed E-state index contributed by atoms with van der Waals surface area (Å²) in [5.41, 5.74) is 0. The third kappa shape index (κ3) is 5.96. The Morgan fingerprint density at radius 2 is 2.24 bits per heavy atom. The zero-order valence-electron chi connectivity index (χ0n) is 11.1. The number of amides is 1. The van der Waals surface area contributed by atoms with Crippen molar-refractivity contribution in [2.45, 2.75) is 46.2 Å². The highest BCUT2D eigenvalue weighted by atomic mass is 32.2. The van der Waals surface area contributed by atoms with Crippen LogP contribution < -0.4 is 10.6 Å². The number of thioether (sulfide) groups is 1. The van der Waals surface area contributed by atoms with E-state index in [1.54, 1.807) is 11.8 Å². The van der Waals surface area contributed by atoms with Crippen LogP contribution >= 0.6 is 11.8 Å². The molecular weight excluding hydrogens is 234 g/mol. The van der Waals surface area contributed by atoms with Crippen molar-refractivity contribution < 1.29 is 4.79 Å². The lowest BCUT2D eigenvalue weighted by molar-refractivity contribution is -0.120. The van der Waals surface area contributed by atoms with Crippen molar-refractivity contribution in [3.05, 3.63) is 0 Å². The molecule has 1 atom stereocenters. The number of nitrogens with zero attached hydrogens (tertiary/aromatic N) is 1. The first-order valence-corrected chi connectivity index (χ1v) is 7.19. The van der Waals surface area contributed by atoms with Crippen molar-refractivity contribution in [1.82, 2.24) is 10.6 Å². The van der Waals surface area contributed by atoms with Crippen molar-refractivity contribution in [3.63, 3.8) is 0 Å². The highest BCUT2D eigenvalue weighted by Gasteiger charge is 2.20. The van der Waals surface area contributed by atoms with Gasteiger partial charge in [0, 0.05) is 17.8 Å². The summed E-state index contributed by atoms with van der Waals surface area (Å²) in [7, 11) is 0. The van der Waals surface area contributed by atoms with E-state index in [1.165, 1.54) is 0 Å². The average molecular weight is 257 g/mol. The van der Waals surface area contributed by atoms with Gasteiger partial charge in [-0.25, -0.2) is 0 Å². The number of nitrogens with one attached hydrogen (secondary N) is 2. The van der Waals surface area contributed by atoms with Crippen LogP contribution in [0.1, 0.15) is 34.1 Å². The molecule has 1 saturated heterocycles. The third-order valence-electron chi connectivity index (χ3n) is 2.32. The monoisotopic (exact) mass is 257 g/mol. The molecule has 1 rings (SSSR count). The number of rotatable bonds is 5. The molecule has 4 nitrogen and oxygen atoms in total. The van der Waals surface area contributed by atoms with Gasteiger partial charge in [-0.2, -0.15) is 0 Å². The Hall–Kier alpha value is -0.710. The molecular formula is C12H23N3OS. The molecule has 0 aromatic carbocycles. The quantitative estimate of drug-likeness (QED) is 0.787. The van der Waals surface area contributed by atoms with Gasteiger partial charge in [0.1, 0.15) is 6.54 Å². The molecule has 1 aliphatic heterocycles. The smallest absolute Gasteiger partial charge is 0.241 e. The van der Waals surface area contributed by atoms with E-state index in [-0.39, 0.29) is 18.5 Å². The lowest BCUT2D eigenvalue weighted by Crippen LogP contribution is -2.33. The highest BCUT2D eigenvalue weighted by Crippen LogP contribution is 2.18. The fraction of sp³-hybridized carbons (Fsp3) is 0.833. The van der Waals surface area contributed by atoms with Crippen LogP contribution in [0.5, 0.6) is 0 Å². The highest BCUT2D eigenvalue weighted by molar-refractivity contribution is 8.14. The second-order valence-electron chi connectivity index (χ2n) is 5.13. The molecule has 98 valence electrons. The summed E-state index contributed by atoms with van der Waals surface area (Å²) >= 11 is 1.71. The summed E-state index contributed by atoms with van der Waals surface area (Å²) in [5.74, 6) is 1.74. The minimum atomic E-state index is -0.0118. The Labute approximate surface area is 108 Å². The molecule has 1 aliphatic rings. The zero-order chi connectivity index (χ0) is 12.8. The van der Waals surface area contributed by atoms with Gasteiger partial charge in [0.15, 0.2) is 5.17 Å². The molecule has 1 fully saturated rings. The van der Waals surface area contributed by atoms with Crippen LogP contribution in [-0.2, 0) is 4.79 Å². The third-order valence-corrected chi connectivity index (χ3v) is 3.41. The van der Waals surface area contributed by atoms with Crippen molar-refractivity contribution >= 4 is 22.8 Å².